The maximum absolute atomic E-state index is 14.0. The van der Waals surface area contributed by atoms with Crippen molar-refractivity contribution in [3.8, 4) is 0 Å². The highest BCUT2D eigenvalue weighted by atomic mass is 19.1. The fourth-order valence-electron chi connectivity index (χ4n) is 2.84. The predicted molar refractivity (Wildman–Crippen MR) is 72.7 cm³/mol. The lowest BCUT2D eigenvalue weighted by atomic mass is 9.90. The highest BCUT2D eigenvalue weighted by Gasteiger charge is 2.46. The van der Waals surface area contributed by atoms with E-state index in [2.05, 4.69) is 9.97 Å². The van der Waals surface area contributed by atoms with Gasteiger partial charge in [-0.1, -0.05) is 6.92 Å². The second kappa shape index (κ2) is 4.90. The first-order chi connectivity index (χ1) is 10.0. The molecular weight excluding hydrogens is 279 g/mol. The van der Waals surface area contributed by atoms with E-state index in [9.17, 15) is 14.6 Å². The van der Waals surface area contributed by atoms with Crippen molar-refractivity contribution in [1.29, 1.82) is 0 Å². The number of anilines is 1. The van der Waals surface area contributed by atoms with Crippen molar-refractivity contribution in [3.63, 3.8) is 0 Å². The van der Waals surface area contributed by atoms with Crippen LogP contribution in [0.15, 0.2) is 12.5 Å². The van der Waals surface area contributed by atoms with Gasteiger partial charge < -0.3 is 25.3 Å². The zero-order valence-electron chi connectivity index (χ0n) is 11.5. The molecule has 21 heavy (non-hydrogen) atoms. The Hall–Kier alpha value is -1.77. The van der Waals surface area contributed by atoms with Crippen LogP contribution in [0.2, 0.25) is 0 Å². The molecular formula is C13H17FN4O3. The summed E-state index contributed by atoms with van der Waals surface area (Å²) in [5.74, 6) is -0.542. The molecule has 2 atom stereocenters. The Balaban J connectivity index is 2.05. The molecule has 8 heteroatoms. The van der Waals surface area contributed by atoms with Crippen molar-refractivity contribution in [2.75, 3.05) is 18.9 Å². The zero-order chi connectivity index (χ0) is 15.2. The van der Waals surface area contributed by atoms with Crippen molar-refractivity contribution in [1.82, 2.24) is 14.5 Å². The maximum atomic E-state index is 14.0. The number of halogens is 1. The third kappa shape index (κ3) is 1.98. The molecule has 2 aromatic rings. The van der Waals surface area contributed by atoms with Crippen molar-refractivity contribution < 1.29 is 19.3 Å². The average Bonchev–Trinajstić information content (AvgIpc) is 2.98. The van der Waals surface area contributed by atoms with Crippen molar-refractivity contribution >= 4 is 16.9 Å². The first kappa shape index (κ1) is 14.2. The molecule has 3 heterocycles. The van der Waals surface area contributed by atoms with Crippen LogP contribution in [0.25, 0.3) is 11.0 Å². The lowest BCUT2D eigenvalue weighted by Crippen LogP contribution is -2.42. The van der Waals surface area contributed by atoms with Gasteiger partial charge in [-0.3, -0.25) is 0 Å². The topological polar surface area (TPSA) is 106 Å². The molecule has 0 aromatic carbocycles. The van der Waals surface area contributed by atoms with E-state index < -0.39 is 17.6 Å². The number of aliphatic hydroxyl groups excluding tert-OH is 2. The second-order valence-electron chi connectivity index (χ2n) is 5.43. The SMILES string of the molecule is C[C@H]1C[C@H](n2cc(F)c3c(N)ncnc32)OC1(CO)CO. The third-order valence-corrected chi connectivity index (χ3v) is 4.26. The van der Waals surface area contributed by atoms with E-state index in [1.165, 1.54) is 17.1 Å². The van der Waals surface area contributed by atoms with Crippen LogP contribution in [-0.4, -0.2) is 43.6 Å². The molecule has 1 aliphatic rings. The largest absolute Gasteiger partial charge is 0.393 e. The molecule has 0 aliphatic carbocycles. The summed E-state index contributed by atoms with van der Waals surface area (Å²) in [4.78, 5) is 7.84. The number of nitrogens with zero attached hydrogens (tertiary/aromatic N) is 3. The number of nitrogen functional groups attached to an aromatic ring is 1. The normalized spacial score (nSPS) is 24.8. The van der Waals surface area contributed by atoms with Gasteiger partial charge in [0.05, 0.1) is 18.6 Å². The van der Waals surface area contributed by atoms with Gasteiger partial charge in [-0.05, 0) is 12.3 Å². The third-order valence-electron chi connectivity index (χ3n) is 4.26. The van der Waals surface area contributed by atoms with Crippen LogP contribution in [0.1, 0.15) is 19.6 Å². The van der Waals surface area contributed by atoms with Gasteiger partial charge in [0.1, 0.15) is 24.0 Å². The summed E-state index contributed by atoms with van der Waals surface area (Å²) in [7, 11) is 0. The highest BCUT2D eigenvalue weighted by molar-refractivity contribution is 5.86. The molecule has 1 saturated heterocycles. The van der Waals surface area contributed by atoms with E-state index in [0.717, 1.165) is 0 Å². The van der Waals surface area contributed by atoms with Crippen LogP contribution < -0.4 is 5.73 Å². The maximum Gasteiger partial charge on any atom is 0.154 e. The van der Waals surface area contributed by atoms with E-state index in [4.69, 9.17) is 10.5 Å². The Morgan fingerprint density at radius 2 is 2.19 bits per heavy atom. The van der Waals surface area contributed by atoms with Gasteiger partial charge in [0, 0.05) is 6.20 Å². The van der Waals surface area contributed by atoms with E-state index in [-0.39, 0.29) is 30.3 Å². The van der Waals surface area contributed by atoms with E-state index in [1.54, 1.807) is 0 Å². The van der Waals surface area contributed by atoms with E-state index >= 15 is 0 Å². The Bertz CT molecular complexity index is 671. The Labute approximate surface area is 120 Å². The number of aromatic nitrogens is 3. The van der Waals surface area contributed by atoms with Gasteiger partial charge in [-0.25, -0.2) is 14.4 Å². The highest BCUT2D eigenvalue weighted by Crippen LogP contribution is 2.42. The number of rotatable bonds is 3. The first-order valence-corrected chi connectivity index (χ1v) is 6.68. The minimum absolute atomic E-state index is 0.0675. The molecule has 1 aliphatic heterocycles. The van der Waals surface area contributed by atoms with Gasteiger partial charge in [0.15, 0.2) is 11.5 Å². The van der Waals surface area contributed by atoms with E-state index in [1.807, 2.05) is 6.92 Å². The molecule has 0 unspecified atom stereocenters. The molecule has 114 valence electrons. The Morgan fingerprint density at radius 3 is 2.81 bits per heavy atom. The number of nitrogens with two attached hydrogens (primary N) is 1. The van der Waals surface area contributed by atoms with Crippen LogP contribution in [-0.2, 0) is 4.74 Å². The van der Waals surface area contributed by atoms with E-state index in [0.29, 0.717) is 12.1 Å². The minimum atomic E-state index is -1.03. The Morgan fingerprint density at radius 1 is 1.48 bits per heavy atom. The number of aliphatic hydroxyl groups is 2. The van der Waals surface area contributed by atoms with Crippen LogP contribution in [0.5, 0.6) is 0 Å². The quantitative estimate of drug-likeness (QED) is 0.758. The summed E-state index contributed by atoms with van der Waals surface area (Å²) < 4.78 is 21.4. The van der Waals surface area contributed by atoms with Crippen LogP contribution in [0.4, 0.5) is 10.2 Å². The minimum Gasteiger partial charge on any atom is -0.393 e. The van der Waals surface area contributed by atoms with Crippen LogP contribution in [0.3, 0.4) is 0 Å². The van der Waals surface area contributed by atoms with Gasteiger partial charge in [0.25, 0.3) is 0 Å². The van der Waals surface area contributed by atoms with Crippen molar-refractivity contribution in [3.05, 3.63) is 18.3 Å². The molecule has 0 saturated carbocycles. The first-order valence-electron chi connectivity index (χ1n) is 6.68. The number of hydrogen-bond acceptors (Lipinski definition) is 6. The molecule has 0 amide bonds. The standard InChI is InChI=1S/C13H17FN4O3/c1-7-2-9(21-13(7,4-19)5-20)18-3-8(14)10-11(15)16-6-17-12(10)18/h3,6-7,9,19-20H,2,4-5H2,1H3,(H2,15,16,17)/t7-,9+/m0/s1. The van der Waals surface area contributed by atoms with Crippen LogP contribution >= 0.6 is 0 Å². The monoisotopic (exact) mass is 296 g/mol. The van der Waals surface area contributed by atoms with Gasteiger partial charge in [-0.2, -0.15) is 0 Å². The molecule has 0 bridgehead atoms. The predicted octanol–water partition coefficient (Wildman–Crippen LogP) is 0.431. The summed E-state index contributed by atoms with van der Waals surface area (Å²) in [5.41, 5.74) is 4.98. The van der Waals surface area contributed by atoms with Gasteiger partial charge in [0.2, 0.25) is 0 Å². The molecule has 4 N–H and O–H groups in total. The van der Waals surface area contributed by atoms with Crippen molar-refractivity contribution in [2.45, 2.75) is 25.2 Å². The lowest BCUT2D eigenvalue weighted by Gasteiger charge is -2.28. The summed E-state index contributed by atoms with van der Waals surface area (Å²) >= 11 is 0. The molecule has 1 fully saturated rings. The molecule has 3 rings (SSSR count). The number of fused-ring (bicyclic) bond motifs is 1. The number of ether oxygens (including phenoxy) is 1. The summed E-state index contributed by atoms with van der Waals surface area (Å²) in [6, 6.07) is 0. The average molecular weight is 296 g/mol. The number of hydrogen-bond donors (Lipinski definition) is 3. The fourth-order valence-corrected chi connectivity index (χ4v) is 2.84. The molecule has 2 aromatic heterocycles. The Kier molecular flexibility index (Phi) is 3.31. The van der Waals surface area contributed by atoms with Crippen LogP contribution in [0, 0.1) is 11.7 Å². The zero-order valence-corrected chi connectivity index (χ0v) is 11.5. The smallest absolute Gasteiger partial charge is 0.154 e. The summed E-state index contributed by atoms with van der Waals surface area (Å²) in [5, 5.41) is 19.2. The fraction of sp³-hybridized carbons (Fsp3) is 0.538. The lowest BCUT2D eigenvalue weighted by molar-refractivity contribution is -0.132. The summed E-state index contributed by atoms with van der Waals surface area (Å²) in [6.45, 7) is 1.26. The summed E-state index contributed by atoms with van der Waals surface area (Å²) in [6.07, 6.45) is 2.52. The second-order valence-corrected chi connectivity index (χ2v) is 5.43. The molecule has 0 radical (unpaired) electrons. The van der Waals surface area contributed by atoms with Gasteiger partial charge >= 0.3 is 0 Å². The molecule has 7 nitrogen and oxygen atoms in total. The van der Waals surface area contributed by atoms with Crippen molar-refractivity contribution in [2.24, 2.45) is 5.92 Å². The molecule has 0 spiro atoms. The van der Waals surface area contributed by atoms with Gasteiger partial charge in [-0.15, -0.1) is 0 Å².